The fourth-order valence-corrected chi connectivity index (χ4v) is 2.58. The summed E-state index contributed by atoms with van der Waals surface area (Å²) in [6.07, 6.45) is 0.853. The SMILES string of the molecule is CCC(C)(OC)c1nc(C)c(C(C)CNC(C)C)c(C)n1. The van der Waals surface area contributed by atoms with E-state index in [1.165, 1.54) is 5.56 Å². The summed E-state index contributed by atoms with van der Waals surface area (Å²) in [5.74, 6) is 1.19. The van der Waals surface area contributed by atoms with Gasteiger partial charge in [0.05, 0.1) is 0 Å². The molecule has 0 aromatic carbocycles. The monoisotopic (exact) mass is 293 g/mol. The van der Waals surface area contributed by atoms with Gasteiger partial charge in [0.25, 0.3) is 0 Å². The molecule has 0 radical (unpaired) electrons. The van der Waals surface area contributed by atoms with E-state index in [-0.39, 0.29) is 0 Å². The van der Waals surface area contributed by atoms with Crippen molar-refractivity contribution in [1.82, 2.24) is 15.3 Å². The zero-order valence-electron chi connectivity index (χ0n) is 14.9. The van der Waals surface area contributed by atoms with Gasteiger partial charge in [0.15, 0.2) is 5.82 Å². The maximum atomic E-state index is 5.62. The summed E-state index contributed by atoms with van der Waals surface area (Å²) in [4.78, 5) is 9.46. The fourth-order valence-electron chi connectivity index (χ4n) is 2.58. The lowest BCUT2D eigenvalue weighted by Crippen LogP contribution is -2.30. The fraction of sp³-hybridized carbons (Fsp3) is 0.765. The molecule has 0 amide bonds. The van der Waals surface area contributed by atoms with Gasteiger partial charge in [0.2, 0.25) is 0 Å². The van der Waals surface area contributed by atoms with Crippen LogP contribution in [0.3, 0.4) is 0 Å². The summed E-state index contributed by atoms with van der Waals surface area (Å²) in [6, 6.07) is 0.491. The van der Waals surface area contributed by atoms with E-state index in [1.807, 2.05) is 6.92 Å². The Bertz CT molecular complexity index is 444. The molecule has 0 fully saturated rings. The van der Waals surface area contributed by atoms with Gasteiger partial charge in [-0.05, 0) is 38.7 Å². The first-order valence-electron chi connectivity index (χ1n) is 7.89. The number of nitrogens with one attached hydrogen (secondary N) is 1. The molecular formula is C17H31N3O. The first-order chi connectivity index (χ1) is 9.75. The van der Waals surface area contributed by atoms with E-state index >= 15 is 0 Å². The number of rotatable bonds is 7. The molecule has 1 rings (SSSR count). The maximum Gasteiger partial charge on any atom is 0.160 e. The van der Waals surface area contributed by atoms with E-state index in [9.17, 15) is 0 Å². The molecule has 4 heteroatoms. The van der Waals surface area contributed by atoms with Crippen molar-refractivity contribution in [1.29, 1.82) is 0 Å². The van der Waals surface area contributed by atoms with Gasteiger partial charge in [0, 0.05) is 31.1 Å². The van der Waals surface area contributed by atoms with Gasteiger partial charge in [-0.2, -0.15) is 0 Å². The number of hydrogen-bond donors (Lipinski definition) is 1. The van der Waals surface area contributed by atoms with Crippen molar-refractivity contribution < 1.29 is 4.74 Å². The molecule has 120 valence electrons. The average molecular weight is 293 g/mol. The Kier molecular flexibility index (Phi) is 6.29. The lowest BCUT2D eigenvalue weighted by molar-refractivity contribution is -0.00929. The Labute approximate surface area is 129 Å². The summed E-state index contributed by atoms with van der Waals surface area (Å²) in [6.45, 7) is 15.8. The van der Waals surface area contributed by atoms with E-state index < -0.39 is 5.60 Å². The average Bonchev–Trinajstić information content (AvgIpc) is 2.43. The standard InChI is InChI=1S/C17H31N3O/c1-9-17(7,21-8)16-19-13(5)15(14(6)20-16)12(4)10-18-11(2)3/h11-12,18H,9-10H2,1-8H3. The van der Waals surface area contributed by atoms with E-state index in [1.54, 1.807) is 7.11 Å². The van der Waals surface area contributed by atoms with Crippen LogP contribution in [0.15, 0.2) is 0 Å². The highest BCUT2D eigenvalue weighted by Crippen LogP contribution is 2.28. The minimum atomic E-state index is -0.409. The lowest BCUT2D eigenvalue weighted by Gasteiger charge is -2.27. The summed E-state index contributed by atoms with van der Waals surface area (Å²) >= 11 is 0. The van der Waals surface area contributed by atoms with E-state index in [0.29, 0.717) is 12.0 Å². The van der Waals surface area contributed by atoms with Gasteiger partial charge in [-0.1, -0.05) is 27.7 Å². The van der Waals surface area contributed by atoms with Crippen molar-refractivity contribution in [2.75, 3.05) is 13.7 Å². The topological polar surface area (TPSA) is 47.0 Å². The maximum absolute atomic E-state index is 5.62. The molecule has 0 saturated carbocycles. The number of methoxy groups -OCH3 is 1. The first-order valence-corrected chi connectivity index (χ1v) is 7.89. The van der Waals surface area contributed by atoms with Gasteiger partial charge in [-0.3, -0.25) is 0 Å². The molecule has 0 aliphatic heterocycles. The summed E-state index contributed by atoms with van der Waals surface area (Å²) in [5.41, 5.74) is 2.97. The van der Waals surface area contributed by atoms with Crippen molar-refractivity contribution in [2.24, 2.45) is 0 Å². The van der Waals surface area contributed by atoms with Crippen LogP contribution < -0.4 is 5.32 Å². The van der Waals surface area contributed by atoms with Crippen LogP contribution in [-0.4, -0.2) is 29.7 Å². The van der Waals surface area contributed by atoms with Crippen LogP contribution in [0.4, 0.5) is 0 Å². The van der Waals surface area contributed by atoms with Crippen molar-refractivity contribution in [2.45, 2.75) is 72.4 Å². The molecule has 0 saturated heterocycles. The van der Waals surface area contributed by atoms with Crippen LogP contribution in [-0.2, 0) is 10.3 Å². The Hall–Kier alpha value is -1.00. The third kappa shape index (κ3) is 4.24. The highest BCUT2D eigenvalue weighted by Gasteiger charge is 2.29. The second kappa shape index (κ2) is 7.32. The molecule has 1 N–H and O–H groups in total. The Morgan fingerprint density at radius 2 is 1.67 bits per heavy atom. The van der Waals surface area contributed by atoms with Gasteiger partial charge in [-0.25, -0.2) is 9.97 Å². The number of aryl methyl sites for hydroxylation is 2. The van der Waals surface area contributed by atoms with Gasteiger partial charge in [0.1, 0.15) is 5.60 Å². The molecule has 2 atom stereocenters. The van der Waals surface area contributed by atoms with Crippen LogP contribution in [0, 0.1) is 13.8 Å². The molecule has 1 heterocycles. The second-order valence-electron chi connectivity index (χ2n) is 6.38. The molecule has 21 heavy (non-hydrogen) atoms. The summed E-state index contributed by atoms with van der Waals surface area (Å²) < 4.78 is 5.62. The molecule has 0 bridgehead atoms. The number of nitrogens with zero attached hydrogens (tertiary/aromatic N) is 2. The quantitative estimate of drug-likeness (QED) is 0.836. The molecule has 1 aromatic rings. The molecular weight excluding hydrogens is 262 g/mol. The predicted octanol–water partition coefficient (Wildman–Crippen LogP) is 3.47. The molecule has 0 aliphatic rings. The first kappa shape index (κ1) is 18.1. The minimum Gasteiger partial charge on any atom is -0.371 e. The van der Waals surface area contributed by atoms with Crippen molar-refractivity contribution in [3.63, 3.8) is 0 Å². The molecule has 0 aliphatic carbocycles. The van der Waals surface area contributed by atoms with Crippen molar-refractivity contribution in [3.8, 4) is 0 Å². The normalized spacial score (nSPS) is 16.0. The minimum absolute atomic E-state index is 0.400. The summed E-state index contributed by atoms with van der Waals surface area (Å²) in [7, 11) is 1.72. The van der Waals surface area contributed by atoms with Crippen LogP contribution >= 0.6 is 0 Å². The van der Waals surface area contributed by atoms with Crippen LogP contribution in [0.25, 0.3) is 0 Å². The lowest BCUT2D eigenvalue weighted by atomic mass is 9.96. The number of hydrogen-bond acceptors (Lipinski definition) is 4. The molecule has 2 unspecified atom stereocenters. The predicted molar refractivity (Wildman–Crippen MR) is 87.7 cm³/mol. The van der Waals surface area contributed by atoms with Crippen LogP contribution in [0.5, 0.6) is 0 Å². The Balaban J connectivity index is 3.10. The molecule has 1 aromatic heterocycles. The number of ether oxygens (including phenoxy) is 1. The highest BCUT2D eigenvalue weighted by atomic mass is 16.5. The van der Waals surface area contributed by atoms with Crippen LogP contribution in [0.2, 0.25) is 0 Å². The van der Waals surface area contributed by atoms with Crippen LogP contribution in [0.1, 0.15) is 69.7 Å². The molecule has 0 spiro atoms. The van der Waals surface area contributed by atoms with E-state index in [4.69, 9.17) is 14.7 Å². The van der Waals surface area contributed by atoms with Crippen molar-refractivity contribution in [3.05, 3.63) is 22.8 Å². The highest BCUT2D eigenvalue weighted by molar-refractivity contribution is 5.29. The van der Waals surface area contributed by atoms with Crippen molar-refractivity contribution >= 4 is 0 Å². The third-order valence-electron chi connectivity index (χ3n) is 4.25. The summed E-state index contributed by atoms with van der Waals surface area (Å²) in [5, 5.41) is 3.49. The van der Waals surface area contributed by atoms with E-state index in [0.717, 1.165) is 30.2 Å². The molecule has 4 nitrogen and oxygen atoms in total. The Morgan fingerprint density at radius 3 is 2.05 bits per heavy atom. The van der Waals surface area contributed by atoms with Gasteiger partial charge in [-0.15, -0.1) is 0 Å². The third-order valence-corrected chi connectivity index (χ3v) is 4.25. The zero-order chi connectivity index (χ0) is 16.2. The zero-order valence-corrected chi connectivity index (χ0v) is 14.9. The second-order valence-corrected chi connectivity index (χ2v) is 6.38. The number of aromatic nitrogens is 2. The largest absolute Gasteiger partial charge is 0.371 e. The Morgan fingerprint density at radius 1 is 1.14 bits per heavy atom. The van der Waals surface area contributed by atoms with Gasteiger partial charge < -0.3 is 10.1 Å². The van der Waals surface area contributed by atoms with Gasteiger partial charge >= 0.3 is 0 Å². The smallest absolute Gasteiger partial charge is 0.160 e. The van der Waals surface area contributed by atoms with E-state index in [2.05, 4.69) is 46.9 Å².